The van der Waals surface area contributed by atoms with Crippen LogP contribution in [0.5, 0.6) is 0 Å². The zero-order valence-corrected chi connectivity index (χ0v) is 9.66. The Bertz CT molecular complexity index is 206. The summed E-state index contributed by atoms with van der Waals surface area (Å²) in [6, 6.07) is 0. The molecule has 0 bridgehead atoms. The van der Waals surface area contributed by atoms with E-state index >= 15 is 0 Å². The number of likely N-dealkylation sites (N-methyl/N-ethyl adjacent to an activating group) is 1. The van der Waals surface area contributed by atoms with E-state index < -0.39 is 0 Å². The molecule has 0 aromatic heterocycles. The second-order valence-corrected chi connectivity index (χ2v) is 3.82. The predicted octanol–water partition coefficient (Wildman–Crippen LogP) is 3.62. The van der Waals surface area contributed by atoms with Crippen molar-refractivity contribution >= 4 is 11.8 Å². The summed E-state index contributed by atoms with van der Waals surface area (Å²) in [5, 5.41) is 0. The smallest absolute Gasteiger partial charge is 0.0683 e. The molecule has 13 heavy (non-hydrogen) atoms. The minimum atomic E-state index is 1.02. The highest BCUT2D eigenvalue weighted by atomic mass is 32.2. The second kappa shape index (κ2) is 6.84. The van der Waals surface area contributed by atoms with Crippen LogP contribution in [-0.2, 0) is 0 Å². The topological polar surface area (TPSA) is 3.24 Å². The average Bonchev–Trinajstić information content (AvgIpc) is 2.47. The second-order valence-electron chi connectivity index (χ2n) is 2.84. The molecule has 1 nitrogen and oxygen atoms in total. The van der Waals surface area contributed by atoms with Crippen molar-refractivity contribution in [3.05, 3.63) is 35.9 Å². The van der Waals surface area contributed by atoms with E-state index in [0.29, 0.717) is 0 Å². The molecule has 0 N–H and O–H groups in total. The number of hydrogen-bond donors (Lipinski definition) is 0. The highest BCUT2D eigenvalue weighted by Crippen LogP contribution is 2.31. The highest BCUT2D eigenvalue weighted by Gasteiger charge is 2.13. The fraction of sp³-hybridized carbons (Fsp3) is 0.455. The quantitative estimate of drug-likeness (QED) is 0.665. The molecule has 1 aliphatic rings. The minimum absolute atomic E-state index is 1.02. The average molecular weight is 197 g/mol. The van der Waals surface area contributed by atoms with Gasteiger partial charge in [0.25, 0.3) is 0 Å². The minimum Gasteiger partial charge on any atom is -0.364 e. The van der Waals surface area contributed by atoms with Crippen LogP contribution in [0.25, 0.3) is 0 Å². The molecule has 1 aliphatic heterocycles. The van der Waals surface area contributed by atoms with Crippen molar-refractivity contribution < 1.29 is 0 Å². The largest absolute Gasteiger partial charge is 0.364 e. The normalized spacial score (nSPS) is 15.2. The predicted molar refractivity (Wildman–Crippen MR) is 63.6 cm³/mol. The highest BCUT2D eigenvalue weighted by molar-refractivity contribution is 8.03. The summed E-state index contributed by atoms with van der Waals surface area (Å²) in [7, 11) is 2.06. The Hall–Kier alpha value is -0.630. The molecule has 74 valence electrons. The van der Waals surface area contributed by atoms with Crippen molar-refractivity contribution in [3.63, 3.8) is 0 Å². The van der Waals surface area contributed by atoms with Crippen molar-refractivity contribution in [2.24, 2.45) is 0 Å². The van der Waals surface area contributed by atoms with E-state index in [0.717, 1.165) is 5.88 Å². The van der Waals surface area contributed by atoms with E-state index in [9.17, 15) is 0 Å². The zero-order chi connectivity index (χ0) is 10.3. The Morgan fingerprint density at radius 1 is 1.38 bits per heavy atom. The third kappa shape index (κ3) is 3.73. The first kappa shape index (κ1) is 12.4. The molecule has 0 aliphatic carbocycles. The van der Waals surface area contributed by atoms with Gasteiger partial charge in [0.15, 0.2) is 0 Å². The molecule has 0 aromatic carbocycles. The van der Waals surface area contributed by atoms with Gasteiger partial charge in [0.2, 0.25) is 0 Å². The fourth-order valence-corrected chi connectivity index (χ4v) is 1.89. The maximum Gasteiger partial charge on any atom is 0.0683 e. The van der Waals surface area contributed by atoms with Gasteiger partial charge in [0, 0.05) is 12.0 Å². The van der Waals surface area contributed by atoms with Gasteiger partial charge in [-0.3, -0.25) is 0 Å². The van der Waals surface area contributed by atoms with Crippen LogP contribution >= 0.6 is 11.8 Å². The molecule has 0 amide bonds. The van der Waals surface area contributed by atoms with Crippen LogP contribution in [0.3, 0.4) is 0 Å². The number of nitrogens with zero attached hydrogens (tertiary/aromatic N) is 1. The van der Waals surface area contributed by atoms with E-state index in [4.69, 9.17) is 0 Å². The fourth-order valence-electron chi connectivity index (χ4n) is 0.918. The summed E-state index contributed by atoms with van der Waals surface area (Å²) in [6.45, 7) is 11.7. The molecule has 0 saturated carbocycles. The number of rotatable bonds is 2. The monoisotopic (exact) mass is 197 g/mol. The summed E-state index contributed by atoms with van der Waals surface area (Å²) in [5.41, 5.74) is 1.19. The van der Waals surface area contributed by atoms with Crippen LogP contribution < -0.4 is 0 Å². The van der Waals surface area contributed by atoms with E-state index in [1.165, 1.54) is 17.0 Å². The van der Waals surface area contributed by atoms with Crippen LogP contribution in [0.1, 0.15) is 20.3 Å². The molecular weight excluding hydrogens is 178 g/mol. The molecular formula is C11H19NS. The van der Waals surface area contributed by atoms with Crippen LogP contribution in [0.4, 0.5) is 0 Å². The van der Waals surface area contributed by atoms with Gasteiger partial charge in [0.05, 0.1) is 11.6 Å². The van der Waals surface area contributed by atoms with Gasteiger partial charge >= 0.3 is 0 Å². The first-order valence-electron chi connectivity index (χ1n) is 4.54. The van der Waals surface area contributed by atoms with Crippen LogP contribution in [0.15, 0.2) is 35.9 Å². The third-order valence-corrected chi connectivity index (χ3v) is 2.66. The summed E-state index contributed by atoms with van der Waals surface area (Å²) in [6.07, 6.45) is 5.00. The molecule has 0 atom stereocenters. The van der Waals surface area contributed by atoms with Gasteiger partial charge in [-0.25, -0.2) is 0 Å². The third-order valence-electron chi connectivity index (χ3n) is 1.46. The van der Waals surface area contributed by atoms with Crippen molar-refractivity contribution in [2.45, 2.75) is 20.3 Å². The Morgan fingerprint density at radius 3 is 2.23 bits per heavy atom. The summed E-state index contributed by atoms with van der Waals surface area (Å²) >= 11 is 1.80. The Labute approximate surface area is 86.2 Å². The van der Waals surface area contributed by atoms with Crippen molar-refractivity contribution in [3.8, 4) is 0 Å². The SMILES string of the molecule is C=CC1=C(C=C)N(C)CS1.CCC. The van der Waals surface area contributed by atoms with E-state index in [1.54, 1.807) is 11.8 Å². The van der Waals surface area contributed by atoms with Crippen molar-refractivity contribution in [1.82, 2.24) is 4.90 Å². The molecule has 1 rings (SSSR count). The van der Waals surface area contributed by atoms with Gasteiger partial charge in [-0.2, -0.15) is 0 Å². The van der Waals surface area contributed by atoms with Crippen molar-refractivity contribution in [2.75, 3.05) is 12.9 Å². The Balaban J connectivity index is 0.000000424. The summed E-state index contributed by atoms with van der Waals surface area (Å²) < 4.78 is 0. The number of thioether (sulfide) groups is 1. The van der Waals surface area contributed by atoms with Gasteiger partial charge in [0.1, 0.15) is 0 Å². The van der Waals surface area contributed by atoms with E-state index in [2.05, 4.69) is 39.0 Å². The van der Waals surface area contributed by atoms with Gasteiger partial charge < -0.3 is 4.90 Å². The lowest BCUT2D eigenvalue weighted by atomic mass is 10.3. The van der Waals surface area contributed by atoms with Crippen LogP contribution in [0, 0.1) is 0 Å². The van der Waals surface area contributed by atoms with Gasteiger partial charge in [-0.05, 0) is 6.08 Å². The Kier molecular flexibility index (Phi) is 6.51. The summed E-state index contributed by atoms with van der Waals surface area (Å²) in [4.78, 5) is 3.40. The lowest BCUT2D eigenvalue weighted by Crippen LogP contribution is -2.10. The maximum absolute atomic E-state index is 3.73. The van der Waals surface area contributed by atoms with Crippen LogP contribution in [-0.4, -0.2) is 17.8 Å². The van der Waals surface area contributed by atoms with E-state index in [1.807, 2.05) is 12.2 Å². The van der Waals surface area contributed by atoms with Gasteiger partial charge in [-0.1, -0.05) is 39.5 Å². The molecule has 0 aromatic rings. The molecule has 0 fully saturated rings. The first-order chi connectivity index (χ1) is 6.21. The molecule has 0 spiro atoms. The van der Waals surface area contributed by atoms with Crippen molar-refractivity contribution in [1.29, 1.82) is 0 Å². The molecule has 0 saturated heterocycles. The molecule has 2 heteroatoms. The zero-order valence-electron chi connectivity index (χ0n) is 8.84. The van der Waals surface area contributed by atoms with Gasteiger partial charge in [-0.15, -0.1) is 11.8 Å². The van der Waals surface area contributed by atoms with Crippen LogP contribution in [0.2, 0.25) is 0 Å². The maximum atomic E-state index is 3.73. The molecule has 1 heterocycles. The molecule has 0 radical (unpaired) electrons. The Morgan fingerprint density at radius 2 is 1.92 bits per heavy atom. The summed E-state index contributed by atoms with van der Waals surface area (Å²) in [5.74, 6) is 1.02. The molecule has 0 unspecified atom stereocenters. The lowest BCUT2D eigenvalue weighted by molar-refractivity contribution is 0.519. The number of hydrogen-bond acceptors (Lipinski definition) is 2. The number of allylic oxidation sites excluding steroid dienone is 2. The van der Waals surface area contributed by atoms with E-state index in [-0.39, 0.29) is 0 Å². The first-order valence-corrected chi connectivity index (χ1v) is 5.52. The standard InChI is InChI=1S/C8H11NS.C3H8/c1-4-7-8(5-2)10-6-9(7)3;1-3-2/h4-5H,1-2,6H2,3H3;3H2,1-2H3. The lowest BCUT2D eigenvalue weighted by Gasteiger charge is -2.10.